The van der Waals surface area contributed by atoms with E-state index in [1.807, 2.05) is 18.2 Å². The van der Waals surface area contributed by atoms with Crippen molar-refractivity contribution in [2.45, 2.75) is 25.3 Å². The normalized spacial score (nSPS) is 18.3. The number of likely N-dealkylation sites (tertiary alicyclic amines) is 1. The number of phenols is 1. The largest absolute Gasteiger partial charge is 0.507 e. The molecule has 1 saturated heterocycles. The Labute approximate surface area is 109 Å². The second-order valence-corrected chi connectivity index (χ2v) is 4.70. The highest BCUT2D eigenvalue weighted by Crippen LogP contribution is 2.33. The summed E-state index contributed by atoms with van der Waals surface area (Å²) in [5.41, 5.74) is 0.910. The quantitative estimate of drug-likeness (QED) is 0.830. The zero-order valence-electron chi connectivity index (χ0n) is 10.9. The lowest BCUT2D eigenvalue weighted by molar-refractivity contribution is 0.189. The molecule has 1 aliphatic rings. The molecule has 1 aromatic carbocycles. The summed E-state index contributed by atoms with van der Waals surface area (Å²) in [5, 5.41) is 10.1. The number of benzene rings is 1. The first-order chi connectivity index (χ1) is 8.76. The smallest absolute Gasteiger partial charge is 0.124 e. The number of piperidine rings is 1. The Morgan fingerprint density at radius 1 is 1.33 bits per heavy atom. The van der Waals surface area contributed by atoms with E-state index in [9.17, 15) is 5.11 Å². The van der Waals surface area contributed by atoms with Gasteiger partial charge < -0.3 is 9.84 Å². The molecule has 0 bridgehead atoms. The number of aromatic hydroxyl groups is 1. The highest BCUT2D eigenvalue weighted by Gasteiger charge is 2.22. The minimum absolute atomic E-state index is 0.0937. The van der Waals surface area contributed by atoms with E-state index in [-0.39, 0.29) is 11.8 Å². The third-order valence-corrected chi connectivity index (χ3v) is 3.56. The molecule has 1 unspecified atom stereocenters. The zero-order chi connectivity index (χ0) is 13.0. The highest BCUT2D eigenvalue weighted by atomic mass is 16.5. The van der Waals surface area contributed by atoms with Gasteiger partial charge in [-0.25, -0.2) is 0 Å². The van der Waals surface area contributed by atoms with Crippen molar-refractivity contribution in [3.8, 4) is 11.5 Å². The van der Waals surface area contributed by atoms with E-state index in [1.165, 1.54) is 19.3 Å². The van der Waals surface area contributed by atoms with Gasteiger partial charge in [-0.3, -0.25) is 4.90 Å². The van der Waals surface area contributed by atoms with Crippen LogP contribution in [0.15, 0.2) is 30.9 Å². The van der Waals surface area contributed by atoms with Crippen LogP contribution in [0.5, 0.6) is 11.5 Å². The lowest BCUT2D eigenvalue weighted by Crippen LogP contribution is -2.32. The van der Waals surface area contributed by atoms with Gasteiger partial charge in [0.15, 0.2) is 0 Å². The number of phenolic OH excluding ortho intramolecular Hbond substituents is 1. The molecule has 0 spiro atoms. The first-order valence-electron chi connectivity index (χ1n) is 6.49. The first-order valence-corrected chi connectivity index (χ1v) is 6.49. The molecule has 98 valence electrons. The summed E-state index contributed by atoms with van der Waals surface area (Å²) in [6.45, 7) is 6.06. The lowest BCUT2D eigenvalue weighted by Gasteiger charge is -2.33. The molecule has 1 atom stereocenters. The van der Waals surface area contributed by atoms with Crippen molar-refractivity contribution in [1.82, 2.24) is 4.90 Å². The predicted molar refractivity (Wildman–Crippen MR) is 73.0 cm³/mol. The molecule has 1 fully saturated rings. The van der Waals surface area contributed by atoms with Gasteiger partial charge in [-0.2, -0.15) is 0 Å². The third-order valence-electron chi connectivity index (χ3n) is 3.56. The monoisotopic (exact) mass is 247 g/mol. The van der Waals surface area contributed by atoms with E-state index in [0.29, 0.717) is 5.75 Å². The van der Waals surface area contributed by atoms with E-state index in [1.54, 1.807) is 13.2 Å². The summed E-state index contributed by atoms with van der Waals surface area (Å²) in [6.07, 6.45) is 5.66. The van der Waals surface area contributed by atoms with E-state index in [0.717, 1.165) is 18.7 Å². The van der Waals surface area contributed by atoms with E-state index in [4.69, 9.17) is 4.74 Å². The Bertz CT molecular complexity index is 411. The van der Waals surface area contributed by atoms with Crippen LogP contribution in [0.4, 0.5) is 0 Å². The molecule has 1 N–H and O–H groups in total. The number of methoxy groups -OCH3 is 1. The SMILES string of the molecule is C=CC(c1ccc(OC)cc1O)N1CCCCC1. The Kier molecular flexibility index (Phi) is 4.26. The van der Waals surface area contributed by atoms with Crippen molar-refractivity contribution >= 4 is 0 Å². The summed E-state index contributed by atoms with van der Waals surface area (Å²) < 4.78 is 5.11. The summed E-state index contributed by atoms with van der Waals surface area (Å²) in [6, 6.07) is 5.57. The van der Waals surface area contributed by atoms with Gasteiger partial charge in [-0.1, -0.05) is 12.5 Å². The molecule has 0 aliphatic carbocycles. The Balaban J connectivity index is 2.23. The number of ether oxygens (including phenoxy) is 1. The molecule has 1 heterocycles. The summed E-state index contributed by atoms with van der Waals surface area (Å²) in [7, 11) is 1.60. The fourth-order valence-electron chi connectivity index (χ4n) is 2.57. The van der Waals surface area contributed by atoms with Gasteiger partial charge in [0.05, 0.1) is 13.2 Å². The molecule has 0 radical (unpaired) electrons. The van der Waals surface area contributed by atoms with Crippen LogP contribution in [-0.2, 0) is 0 Å². The molecule has 3 nitrogen and oxygen atoms in total. The maximum Gasteiger partial charge on any atom is 0.124 e. The van der Waals surface area contributed by atoms with Crippen LogP contribution in [0.3, 0.4) is 0 Å². The van der Waals surface area contributed by atoms with Gasteiger partial charge >= 0.3 is 0 Å². The second kappa shape index (κ2) is 5.91. The summed E-state index contributed by atoms with van der Waals surface area (Å²) in [4.78, 5) is 2.37. The number of hydrogen-bond acceptors (Lipinski definition) is 3. The van der Waals surface area contributed by atoms with E-state index >= 15 is 0 Å². The number of nitrogens with zero attached hydrogens (tertiary/aromatic N) is 1. The highest BCUT2D eigenvalue weighted by molar-refractivity contribution is 5.42. The maximum atomic E-state index is 10.1. The molecule has 3 heteroatoms. The van der Waals surface area contributed by atoms with Crippen LogP contribution < -0.4 is 4.74 Å². The first kappa shape index (κ1) is 13.0. The average molecular weight is 247 g/mol. The van der Waals surface area contributed by atoms with Gasteiger partial charge in [0, 0.05) is 11.6 Å². The van der Waals surface area contributed by atoms with Crippen LogP contribution in [0.2, 0.25) is 0 Å². The molecule has 0 saturated carbocycles. The minimum atomic E-state index is 0.0937. The lowest BCUT2D eigenvalue weighted by atomic mass is 10.0. The summed E-state index contributed by atoms with van der Waals surface area (Å²) >= 11 is 0. The zero-order valence-corrected chi connectivity index (χ0v) is 10.9. The molecular formula is C15H21NO2. The van der Waals surface area contributed by atoms with Gasteiger partial charge in [0.1, 0.15) is 11.5 Å². The van der Waals surface area contributed by atoms with E-state index in [2.05, 4.69) is 11.5 Å². The topological polar surface area (TPSA) is 32.7 Å². The molecule has 0 amide bonds. The van der Waals surface area contributed by atoms with Crippen molar-refractivity contribution < 1.29 is 9.84 Å². The standard InChI is InChI=1S/C15H21NO2/c1-3-14(16-9-5-4-6-10-16)13-8-7-12(18-2)11-15(13)17/h3,7-8,11,14,17H,1,4-6,9-10H2,2H3. The fraction of sp³-hybridized carbons (Fsp3) is 0.467. The van der Waals surface area contributed by atoms with Crippen LogP contribution in [-0.4, -0.2) is 30.2 Å². The van der Waals surface area contributed by atoms with Gasteiger partial charge in [0.25, 0.3) is 0 Å². The van der Waals surface area contributed by atoms with Crippen LogP contribution in [0.1, 0.15) is 30.9 Å². The van der Waals surface area contributed by atoms with Crippen molar-refractivity contribution in [3.63, 3.8) is 0 Å². The number of rotatable bonds is 4. The van der Waals surface area contributed by atoms with Crippen molar-refractivity contribution in [1.29, 1.82) is 0 Å². The maximum absolute atomic E-state index is 10.1. The third kappa shape index (κ3) is 2.67. The van der Waals surface area contributed by atoms with Crippen molar-refractivity contribution in [2.75, 3.05) is 20.2 Å². The van der Waals surface area contributed by atoms with Crippen LogP contribution in [0.25, 0.3) is 0 Å². The Hall–Kier alpha value is -1.48. The molecule has 1 aromatic rings. The Morgan fingerprint density at radius 3 is 2.61 bits per heavy atom. The van der Waals surface area contributed by atoms with Crippen molar-refractivity contribution in [2.24, 2.45) is 0 Å². The molecule has 18 heavy (non-hydrogen) atoms. The fourth-order valence-corrected chi connectivity index (χ4v) is 2.57. The van der Waals surface area contributed by atoms with Gasteiger partial charge in [-0.15, -0.1) is 6.58 Å². The minimum Gasteiger partial charge on any atom is -0.507 e. The summed E-state index contributed by atoms with van der Waals surface area (Å²) in [5.74, 6) is 0.961. The Morgan fingerprint density at radius 2 is 2.06 bits per heavy atom. The van der Waals surface area contributed by atoms with Crippen LogP contribution >= 0.6 is 0 Å². The predicted octanol–water partition coefficient (Wildman–Crippen LogP) is 3.11. The molecule has 0 aromatic heterocycles. The number of hydrogen-bond donors (Lipinski definition) is 1. The average Bonchev–Trinajstić information content (AvgIpc) is 2.42. The molecule has 1 aliphatic heterocycles. The second-order valence-electron chi connectivity index (χ2n) is 4.70. The van der Waals surface area contributed by atoms with Gasteiger partial charge in [0.2, 0.25) is 0 Å². The van der Waals surface area contributed by atoms with Crippen LogP contribution in [0, 0.1) is 0 Å². The van der Waals surface area contributed by atoms with E-state index < -0.39 is 0 Å². The molecular weight excluding hydrogens is 226 g/mol. The molecule has 2 rings (SSSR count). The van der Waals surface area contributed by atoms with Gasteiger partial charge in [-0.05, 0) is 38.1 Å². The van der Waals surface area contributed by atoms with Crippen molar-refractivity contribution in [3.05, 3.63) is 36.4 Å².